The summed E-state index contributed by atoms with van der Waals surface area (Å²) in [6.07, 6.45) is -0.481. The van der Waals surface area contributed by atoms with E-state index in [1.54, 1.807) is 9.58 Å². The number of aromatic nitrogens is 3. The monoisotopic (exact) mass is 420 g/mol. The maximum absolute atomic E-state index is 13.3. The molecule has 0 radical (unpaired) electrons. The molecule has 0 bridgehead atoms. The van der Waals surface area contributed by atoms with Crippen molar-refractivity contribution in [2.45, 2.75) is 25.9 Å². The lowest BCUT2D eigenvalue weighted by Crippen LogP contribution is -2.39. The summed E-state index contributed by atoms with van der Waals surface area (Å²) in [5.74, 6) is 0.789. The van der Waals surface area contributed by atoms with Gasteiger partial charge in [0.1, 0.15) is 0 Å². The summed E-state index contributed by atoms with van der Waals surface area (Å²) < 4.78 is 1.72. The highest BCUT2D eigenvalue weighted by molar-refractivity contribution is 6.13. The Bertz CT molecular complexity index is 1450. The van der Waals surface area contributed by atoms with Gasteiger partial charge in [-0.15, -0.1) is 0 Å². The van der Waals surface area contributed by atoms with Crippen LogP contribution in [0.15, 0.2) is 77.6 Å². The van der Waals surface area contributed by atoms with Crippen LogP contribution in [-0.4, -0.2) is 20.7 Å². The summed E-state index contributed by atoms with van der Waals surface area (Å²) in [6.45, 7) is 4.26. The fourth-order valence-electron chi connectivity index (χ4n) is 4.61. The van der Waals surface area contributed by atoms with Crippen molar-refractivity contribution in [3.63, 3.8) is 0 Å². The molecule has 6 nitrogen and oxygen atoms in total. The molecule has 156 valence electrons. The van der Waals surface area contributed by atoms with Crippen LogP contribution < -0.4 is 10.5 Å². The van der Waals surface area contributed by atoms with Crippen LogP contribution in [0.4, 0.5) is 5.69 Å². The first-order valence-electron chi connectivity index (χ1n) is 10.7. The van der Waals surface area contributed by atoms with E-state index in [0.717, 1.165) is 16.8 Å². The van der Waals surface area contributed by atoms with E-state index in [0.29, 0.717) is 22.9 Å². The van der Waals surface area contributed by atoms with E-state index in [1.165, 1.54) is 5.56 Å². The summed E-state index contributed by atoms with van der Waals surface area (Å²) in [5, 5.41) is 4.78. The molecule has 0 unspecified atom stereocenters. The number of hydrogen-bond donors (Lipinski definition) is 0. The summed E-state index contributed by atoms with van der Waals surface area (Å²) in [7, 11) is 0. The molecule has 6 rings (SSSR count). The van der Waals surface area contributed by atoms with Gasteiger partial charge in [-0.2, -0.15) is 10.1 Å². The molecule has 0 N–H and O–H groups in total. The van der Waals surface area contributed by atoms with Gasteiger partial charge in [-0.1, -0.05) is 68.4 Å². The molecule has 1 aromatic heterocycles. The van der Waals surface area contributed by atoms with Gasteiger partial charge in [0.15, 0.2) is 17.7 Å². The van der Waals surface area contributed by atoms with E-state index < -0.39 is 6.17 Å². The van der Waals surface area contributed by atoms with Gasteiger partial charge in [-0.05, 0) is 29.7 Å². The lowest BCUT2D eigenvalue weighted by atomic mass is 10.0. The Labute approximate surface area is 184 Å². The highest BCUT2D eigenvalue weighted by Gasteiger charge is 2.44. The van der Waals surface area contributed by atoms with Crippen LogP contribution in [0.5, 0.6) is 0 Å². The Kier molecular flexibility index (Phi) is 3.92. The molecule has 0 aliphatic carbocycles. The molecule has 6 heteroatoms. The highest BCUT2D eigenvalue weighted by Crippen LogP contribution is 2.46. The average molecular weight is 420 g/mol. The maximum atomic E-state index is 13.3. The first kappa shape index (κ1) is 18.7. The number of para-hydroxylation sites is 1. The molecule has 0 saturated heterocycles. The average Bonchev–Trinajstić information content (AvgIpc) is 3.12. The van der Waals surface area contributed by atoms with Gasteiger partial charge in [0.2, 0.25) is 0 Å². The van der Waals surface area contributed by atoms with Crippen molar-refractivity contribution < 1.29 is 4.79 Å². The molecule has 0 saturated carbocycles. The molecule has 1 amide bonds. The Hall–Kier alpha value is -4.06. The van der Waals surface area contributed by atoms with Gasteiger partial charge >= 0.3 is 0 Å². The van der Waals surface area contributed by atoms with Crippen molar-refractivity contribution in [1.29, 1.82) is 0 Å². The Morgan fingerprint density at radius 1 is 0.844 bits per heavy atom. The van der Waals surface area contributed by atoms with E-state index >= 15 is 0 Å². The molecular formula is C26H20N4O2. The number of nitrogens with zero attached hydrogens (tertiary/aromatic N) is 4. The molecule has 2 aliphatic rings. The summed E-state index contributed by atoms with van der Waals surface area (Å²) in [4.78, 5) is 32.6. The minimum Gasteiger partial charge on any atom is -0.280 e. The van der Waals surface area contributed by atoms with Gasteiger partial charge in [0.25, 0.3) is 11.5 Å². The summed E-state index contributed by atoms with van der Waals surface area (Å²) in [5.41, 5.74) is 4.75. The molecule has 32 heavy (non-hydrogen) atoms. The molecule has 1 atom stereocenters. The highest BCUT2D eigenvalue weighted by atomic mass is 16.2. The number of anilines is 1. The number of carbonyl (C=O) groups excluding carboxylic acids is 1. The van der Waals surface area contributed by atoms with Gasteiger partial charge < -0.3 is 0 Å². The van der Waals surface area contributed by atoms with E-state index in [4.69, 9.17) is 5.10 Å². The number of amides is 1. The fraction of sp³-hybridized carbons (Fsp3) is 0.154. The molecule has 2 aliphatic heterocycles. The summed E-state index contributed by atoms with van der Waals surface area (Å²) >= 11 is 0. The zero-order valence-corrected chi connectivity index (χ0v) is 17.7. The van der Waals surface area contributed by atoms with Gasteiger partial charge in [-0.3, -0.25) is 14.5 Å². The van der Waals surface area contributed by atoms with E-state index in [2.05, 4.69) is 18.8 Å². The maximum Gasteiger partial charge on any atom is 0.300 e. The molecule has 3 aromatic carbocycles. The van der Waals surface area contributed by atoms with Crippen molar-refractivity contribution in [3.8, 4) is 22.6 Å². The standard InChI is InChI=1S/C26H20N4O2/c1-15(2)16-11-13-17(14-12-16)22-24(31)27-23-20-9-5-6-10-21(20)29-25(30(23)28-22)18-7-3-4-8-19(18)26(29)32/h3-15,25H,1-2H3/t25-/m0/s1. The number of benzene rings is 3. The number of fused-ring (bicyclic) bond motifs is 8. The third-order valence-corrected chi connectivity index (χ3v) is 6.25. The lowest BCUT2D eigenvalue weighted by Gasteiger charge is -2.34. The minimum atomic E-state index is -0.481. The Morgan fingerprint density at radius 2 is 1.53 bits per heavy atom. The first-order chi connectivity index (χ1) is 15.5. The van der Waals surface area contributed by atoms with Crippen LogP contribution in [0.3, 0.4) is 0 Å². The molecular weight excluding hydrogens is 400 g/mol. The first-order valence-corrected chi connectivity index (χ1v) is 10.7. The van der Waals surface area contributed by atoms with E-state index in [9.17, 15) is 9.59 Å². The number of carbonyl (C=O) groups is 1. The molecule has 0 fully saturated rings. The van der Waals surface area contributed by atoms with Gasteiger partial charge in [0.05, 0.1) is 5.69 Å². The van der Waals surface area contributed by atoms with Crippen LogP contribution in [-0.2, 0) is 0 Å². The zero-order valence-electron chi connectivity index (χ0n) is 17.7. The van der Waals surface area contributed by atoms with Crippen LogP contribution in [0.2, 0.25) is 0 Å². The van der Waals surface area contributed by atoms with Gasteiger partial charge in [0, 0.05) is 22.3 Å². The smallest absolute Gasteiger partial charge is 0.280 e. The second-order valence-electron chi connectivity index (χ2n) is 8.46. The predicted molar refractivity (Wildman–Crippen MR) is 123 cm³/mol. The predicted octanol–water partition coefficient (Wildman–Crippen LogP) is 4.62. The Morgan fingerprint density at radius 3 is 2.28 bits per heavy atom. The van der Waals surface area contributed by atoms with Crippen molar-refractivity contribution in [2.75, 3.05) is 4.90 Å². The van der Waals surface area contributed by atoms with Gasteiger partial charge in [-0.25, -0.2) is 4.68 Å². The van der Waals surface area contributed by atoms with Crippen LogP contribution >= 0.6 is 0 Å². The van der Waals surface area contributed by atoms with Crippen molar-refractivity contribution in [2.24, 2.45) is 0 Å². The third kappa shape index (κ3) is 2.52. The van der Waals surface area contributed by atoms with Crippen LogP contribution in [0, 0.1) is 0 Å². The largest absolute Gasteiger partial charge is 0.300 e. The summed E-state index contributed by atoms with van der Waals surface area (Å²) in [6, 6.07) is 22.9. The van der Waals surface area contributed by atoms with Crippen molar-refractivity contribution in [1.82, 2.24) is 14.8 Å². The Balaban J connectivity index is 1.61. The second-order valence-corrected chi connectivity index (χ2v) is 8.46. The quantitative estimate of drug-likeness (QED) is 0.475. The number of hydrogen-bond acceptors (Lipinski definition) is 4. The molecule has 3 heterocycles. The minimum absolute atomic E-state index is 0.0768. The normalized spacial score (nSPS) is 15.9. The lowest BCUT2D eigenvalue weighted by molar-refractivity contribution is 0.0986. The SMILES string of the molecule is CC(C)c1ccc(-c2nn3c(nc2=O)-c2ccccc2N2C(=O)c4ccccc4[C@@H]23)cc1. The van der Waals surface area contributed by atoms with Crippen LogP contribution in [0.25, 0.3) is 22.6 Å². The number of rotatable bonds is 2. The van der Waals surface area contributed by atoms with Crippen LogP contribution in [0.1, 0.15) is 47.4 Å². The van der Waals surface area contributed by atoms with E-state index in [-0.39, 0.29) is 17.2 Å². The molecule has 4 aromatic rings. The van der Waals surface area contributed by atoms with Crippen molar-refractivity contribution in [3.05, 3.63) is 99.8 Å². The fourth-order valence-corrected chi connectivity index (χ4v) is 4.61. The van der Waals surface area contributed by atoms with Crippen molar-refractivity contribution >= 4 is 11.6 Å². The topological polar surface area (TPSA) is 68.1 Å². The zero-order chi connectivity index (χ0) is 22.0. The third-order valence-electron chi connectivity index (χ3n) is 6.25. The molecule has 0 spiro atoms. The second kappa shape index (κ2) is 6.72. The van der Waals surface area contributed by atoms with E-state index in [1.807, 2.05) is 72.8 Å².